The predicted molar refractivity (Wildman–Crippen MR) is 104 cm³/mol. The van der Waals surface area contributed by atoms with Gasteiger partial charge in [0.1, 0.15) is 11.4 Å². The summed E-state index contributed by atoms with van der Waals surface area (Å²) in [7, 11) is 0. The molecule has 2 aromatic heterocycles. The van der Waals surface area contributed by atoms with Gasteiger partial charge in [0, 0.05) is 23.5 Å². The highest BCUT2D eigenvalue weighted by Gasteiger charge is 2.52. The van der Waals surface area contributed by atoms with Gasteiger partial charge in [-0.1, -0.05) is 6.07 Å². The van der Waals surface area contributed by atoms with Crippen LogP contribution in [0.3, 0.4) is 0 Å². The Hall–Kier alpha value is -2.83. The van der Waals surface area contributed by atoms with Gasteiger partial charge in [0.15, 0.2) is 0 Å². The zero-order valence-electron chi connectivity index (χ0n) is 16.3. The van der Waals surface area contributed by atoms with Crippen LogP contribution < -0.4 is 10.6 Å². The second-order valence-corrected chi connectivity index (χ2v) is 8.26. The van der Waals surface area contributed by atoms with E-state index in [2.05, 4.69) is 25.6 Å². The van der Waals surface area contributed by atoms with Crippen LogP contribution in [-0.4, -0.2) is 37.8 Å². The van der Waals surface area contributed by atoms with Crippen molar-refractivity contribution in [1.82, 2.24) is 25.6 Å². The fourth-order valence-corrected chi connectivity index (χ4v) is 4.56. The van der Waals surface area contributed by atoms with Gasteiger partial charge in [-0.3, -0.25) is 19.6 Å². The van der Waals surface area contributed by atoms with Crippen molar-refractivity contribution < 1.29 is 9.59 Å². The molecule has 2 saturated carbocycles. The van der Waals surface area contributed by atoms with Crippen LogP contribution in [0.5, 0.6) is 0 Å². The monoisotopic (exact) mass is 379 g/mol. The van der Waals surface area contributed by atoms with E-state index in [4.69, 9.17) is 0 Å². The van der Waals surface area contributed by atoms with Crippen molar-refractivity contribution in [2.45, 2.75) is 63.5 Å². The number of fused-ring (bicyclic) bond motifs is 2. The van der Waals surface area contributed by atoms with E-state index in [1.54, 1.807) is 18.5 Å². The molecule has 2 fully saturated rings. The molecule has 0 spiro atoms. The van der Waals surface area contributed by atoms with Gasteiger partial charge in [-0.15, -0.1) is 0 Å². The Morgan fingerprint density at radius 1 is 0.821 bits per heavy atom. The van der Waals surface area contributed by atoms with Crippen LogP contribution in [0.1, 0.15) is 70.8 Å². The van der Waals surface area contributed by atoms with E-state index in [0.717, 1.165) is 49.8 Å². The van der Waals surface area contributed by atoms with Crippen molar-refractivity contribution in [1.29, 1.82) is 0 Å². The molecule has 2 unspecified atom stereocenters. The summed E-state index contributed by atoms with van der Waals surface area (Å²) in [4.78, 5) is 38.0. The van der Waals surface area contributed by atoms with Crippen molar-refractivity contribution >= 4 is 11.8 Å². The molecule has 2 atom stereocenters. The molecule has 7 nitrogen and oxygen atoms in total. The molecule has 0 radical (unpaired) electrons. The maximum Gasteiger partial charge on any atom is 0.271 e. The van der Waals surface area contributed by atoms with Crippen molar-refractivity contribution in [2.75, 3.05) is 0 Å². The summed E-state index contributed by atoms with van der Waals surface area (Å²) in [5.41, 5.74) is 1.98. The normalized spacial score (nSPS) is 25.9. The Morgan fingerprint density at radius 2 is 1.46 bits per heavy atom. The summed E-state index contributed by atoms with van der Waals surface area (Å²) in [5, 5.41) is 6.42. The molecule has 0 aromatic carbocycles. The van der Waals surface area contributed by atoms with Gasteiger partial charge < -0.3 is 10.6 Å². The lowest BCUT2D eigenvalue weighted by atomic mass is 9.78. The number of hydrogen-bond donors (Lipinski definition) is 2. The van der Waals surface area contributed by atoms with Crippen LogP contribution in [0, 0.1) is 13.8 Å². The summed E-state index contributed by atoms with van der Waals surface area (Å²) >= 11 is 0. The van der Waals surface area contributed by atoms with Crippen molar-refractivity contribution in [3.63, 3.8) is 0 Å². The molecule has 28 heavy (non-hydrogen) atoms. The summed E-state index contributed by atoms with van der Waals surface area (Å²) in [5.74, 6) is -0.342. The van der Waals surface area contributed by atoms with Crippen LogP contribution in [-0.2, 0) is 0 Å². The second kappa shape index (κ2) is 6.96. The van der Waals surface area contributed by atoms with Gasteiger partial charge in [0.2, 0.25) is 0 Å². The van der Waals surface area contributed by atoms with Crippen LogP contribution >= 0.6 is 0 Å². The molecule has 2 bridgehead atoms. The number of aryl methyl sites for hydroxylation is 2. The van der Waals surface area contributed by atoms with E-state index in [0.29, 0.717) is 11.4 Å². The molecular formula is C21H25N5O2. The molecule has 146 valence electrons. The van der Waals surface area contributed by atoms with Gasteiger partial charge in [-0.05, 0) is 64.0 Å². The lowest BCUT2D eigenvalue weighted by Gasteiger charge is -2.40. The summed E-state index contributed by atoms with van der Waals surface area (Å²) in [6.45, 7) is 3.78. The van der Waals surface area contributed by atoms with Crippen LogP contribution in [0.25, 0.3) is 0 Å². The maximum atomic E-state index is 12.7. The standard InChI is InChI=1S/C21H25N5O2/c1-14-4-5-16(23-10-14)18(27)25-20-6-3-7-21(13-20,9-8-20)26-19(28)17-12-22-15(2)11-24-17/h4-5,10-12H,3,6-9,13H2,1-2H3,(H,25,27)(H,26,28). The highest BCUT2D eigenvalue weighted by atomic mass is 16.2. The number of pyridine rings is 1. The Labute approximate surface area is 164 Å². The van der Waals surface area contributed by atoms with Crippen LogP contribution in [0.15, 0.2) is 30.7 Å². The van der Waals surface area contributed by atoms with Crippen molar-refractivity contribution in [3.05, 3.63) is 53.4 Å². The number of aromatic nitrogens is 3. The van der Waals surface area contributed by atoms with Crippen LogP contribution in [0.2, 0.25) is 0 Å². The quantitative estimate of drug-likeness (QED) is 0.851. The third-order valence-electron chi connectivity index (χ3n) is 5.98. The zero-order valence-corrected chi connectivity index (χ0v) is 16.3. The van der Waals surface area contributed by atoms with E-state index in [9.17, 15) is 9.59 Å². The fourth-order valence-electron chi connectivity index (χ4n) is 4.56. The Kier molecular flexibility index (Phi) is 4.61. The highest BCUT2D eigenvalue weighted by molar-refractivity contribution is 5.93. The summed E-state index contributed by atoms with van der Waals surface area (Å²) in [6, 6.07) is 3.65. The number of carbonyl (C=O) groups excluding carboxylic acids is 2. The summed E-state index contributed by atoms with van der Waals surface area (Å²) < 4.78 is 0. The maximum absolute atomic E-state index is 12.7. The molecule has 2 heterocycles. The van der Waals surface area contributed by atoms with E-state index in [1.807, 2.05) is 19.9 Å². The second-order valence-electron chi connectivity index (χ2n) is 8.26. The molecule has 0 saturated heterocycles. The number of hydrogen-bond acceptors (Lipinski definition) is 5. The van der Waals surface area contributed by atoms with Crippen molar-refractivity contribution in [3.8, 4) is 0 Å². The van der Waals surface area contributed by atoms with Crippen LogP contribution in [0.4, 0.5) is 0 Å². The Bertz CT molecular complexity index is 823. The molecular weight excluding hydrogens is 354 g/mol. The summed E-state index contributed by atoms with van der Waals surface area (Å²) in [6.07, 6.45) is 10.0. The molecule has 2 aromatic rings. The zero-order chi connectivity index (χ0) is 19.8. The van der Waals surface area contributed by atoms with Gasteiger partial charge in [-0.2, -0.15) is 0 Å². The average molecular weight is 379 g/mol. The molecule has 2 aliphatic carbocycles. The first kappa shape index (κ1) is 18.5. The first-order chi connectivity index (χ1) is 13.4. The lowest BCUT2D eigenvalue weighted by molar-refractivity contribution is 0.0827. The van der Waals surface area contributed by atoms with Gasteiger partial charge in [0.05, 0.1) is 11.9 Å². The third kappa shape index (κ3) is 3.61. The smallest absolute Gasteiger partial charge is 0.271 e. The Morgan fingerprint density at radius 3 is 2.04 bits per heavy atom. The lowest BCUT2D eigenvalue weighted by Crippen LogP contribution is -2.55. The number of nitrogens with one attached hydrogen (secondary N) is 2. The number of amides is 2. The first-order valence-corrected chi connectivity index (χ1v) is 9.75. The molecule has 7 heteroatoms. The highest BCUT2D eigenvalue weighted by Crippen LogP contribution is 2.48. The molecule has 0 aliphatic heterocycles. The van der Waals surface area contributed by atoms with Crippen molar-refractivity contribution in [2.24, 2.45) is 0 Å². The molecule has 4 rings (SSSR count). The van der Waals surface area contributed by atoms with Gasteiger partial charge in [0.25, 0.3) is 11.8 Å². The van der Waals surface area contributed by atoms with Gasteiger partial charge >= 0.3 is 0 Å². The Balaban J connectivity index is 1.46. The van der Waals surface area contributed by atoms with E-state index >= 15 is 0 Å². The van der Waals surface area contributed by atoms with E-state index in [1.165, 1.54) is 6.20 Å². The number of rotatable bonds is 4. The fraction of sp³-hybridized carbons (Fsp3) is 0.476. The topological polar surface area (TPSA) is 96.9 Å². The van der Waals surface area contributed by atoms with E-state index < -0.39 is 0 Å². The van der Waals surface area contributed by atoms with E-state index in [-0.39, 0.29) is 22.9 Å². The SMILES string of the molecule is Cc1ccc(C(=O)NC23CCCC(NC(=O)c4cnc(C)cn4)(CC2)C3)nc1. The third-order valence-corrected chi connectivity index (χ3v) is 5.98. The predicted octanol–water partition coefficient (Wildman–Crippen LogP) is 2.49. The molecule has 2 amide bonds. The largest absolute Gasteiger partial charge is 0.345 e. The molecule has 2 aliphatic rings. The minimum absolute atomic E-state index is 0.145. The average Bonchev–Trinajstić information content (AvgIpc) is 2.92. The first-order valence-electron chi connectivity index (χ1n) is 9.75. The number of carbonyl (C=O) groups is 2. The van der Waals surface area contributed by atoms with Gasteiger partial charge in [-0.25, -0.2) is 4.98 Å². The minimum Gasteiger partial charge on any atom is -0.345 e. The number of nitrogens with zero attached hydrogens (tertiary/aromatic N) is 3. The molecule has 2 N–H and O–H groups in total. The minimum atomic E-state index is -0.296.